The number of benzene rings is 1. The SMILES string of the molecule is CCOc1ccc(C(C#N)N(C)CC(C)C)cc1. The number of rotatable bonds is 6. The van der Waals surface area contributed by atoms with Gasteiger partial charge in [-0.1, -0.05) is 26.0 Å². The van der Waals surface area contributed by atoms with E-state index in [4.69, 9.17) is 4.74 Å². The fourth-order valence-electron chi connectivity index (χ4n) is 2.02. The van der Waals surface area contributed by atoms with Crippen molar-refractivity contribution >= 4 is 0 Å². The highest BCUT2D eigenvalue weighted by Gasteiger charge is 2.17. The first-order valence-electron chi connectivity index (χ1n) is 6.41. The molecule has 1 aromatic carbocycles. The highest BCUT2D eigenvalue weighted by atomic mass is 16.5. The van der Waals surface area contributed by atoms with Gasteiger partial charge < -0.3 is 4.74 Å². The molecule has 0 amide bonds. The Labute approximate surface area is 110 Å². The molecule has 0 aromatic heterocycles. The zero-order valence-corrected chi connectivity index (χ0v) is 11.7. The van der Waals surface area contributed by atoms with Crippen LogP contribution in [0.5, 0.6) is 5.75 Å². The normalized spacial score (nSPS) is 12.5. The molecule has 1 unspecified atom stereocenters. The quantitative estimate of drug-likeness (QED) is 0.773. The summed E-state index contributed by atoms with van der Waals surface area (Å²) >= 11 is 0. The van der Waals surface area contributed by atoms with Crippen molar-refractivity contribution < 1.29 is 4.74 Å². The minimum atomic E-state index is -0.192. The van der Waals surface area contributed by atoms with Gasteiger partial charge in [-0.3, -0.25) is 4.90 Å². The fraction of sp³-hybridized carbons (Fsp3) is 0.533. The van der Waals surface area contributed by atoms with E-state index in [1.165, 1.54) is 0 Å². The van der Waals surface area contributed by atoms with E-state index in [2.05, 4.69) is 24.8 Å². The van der Waals surface area contributed by atoms with Crippen LogP contribution in [0.2, 0.25) is 0 Å². The molecule has 0 aliphatic heterocycles. The van der Waals surface area contributed by atoms with E-state index in [9.17, 15) is 5.26 Å². The van der Waals surface area contributed by atoms with Crippen molar-refractivity contribution in [1.82, 2.24) is 4.90 Å². The molecule has 0 N–H and O–H groups in total. The predicted octanol–water partition coefficient (Wildman–Crippen LogP) is 3.24. The molecule has 18 heavy (non-hydrogen) atoms. The molecule has 3 nitrogen and oxygen atoms in total. The Kier molecular flexibility index (Phi) is 5.67. The lowest BCUT2D eigenvalue weighted by atomic mass is 10.1. The van der Waals surface area contributed by atoms with Gasteiger partial charge in [0.15, 0.2) is 0 Å². The summed E-state index contributed by atoms with van der Waals surface area (Å²) in [6.07, 6.45) is 0. The van der Waals surface area contributed by atoms with Crippen molar-refractivity contribution in [2.45, 2.75) is 26.8 Å². The van der Waals surface area contributed by atoms with E-state index in [1.54, 1.807) is 0 Å². The zero-order valence-electron chi connectivity index (χ0n) is 11.7. The van der Waals surface area contributed by atoms with Crippen LogP contribution in [0.3, 0.4) is 0 Å². The van der Waals surface area contributed by atoms with Gasteiger partial charge in [-0.15, -0.1) is 0 Å². The molecule has 0 heterocycles. The van der Waals surface area contributed by atoms with Crippen LogP contribution in [-0.2, 0) is 0 Å². The van der Waals surface area contributed by atoms with E-state index in [0.29, 0.717) is 12.5 Å². The topological polar surface area (TPSA) is 36.3 Å². The molecule has 0 saturated heterocycles. The number of nitriles is 1. The average molecular weight is 246 g/mol. The average Bonchev–Trinajstić information content (AvgIpc) is 2.31. The summed E-state index contributed by atoms with van der Waals surface area (Å²) in [7, 11) is 1.99. The van der Waals surface area contributed by atoms with Crippen LogP contribution in [0.4, 0.5) is 0 Å². The summed E-state index contributed by atoms with van der Waals surface area (Å²) in [4.78, 5) is 2.08. The van der Waals surface area contributed by atoms with Crippen LogP contribution in [0.15, 0.2) is 24.3 Å². The third-order valence-corrected chi connectivity index (χ3v) is 2.72. The Hall–Kier alpha value is -1.53. The molecule has 1 rings (SSSR count). The Morgan fingerprint density at radius 2 is 1.89 bits per heavy atom. The van der Waals surface area contributed by atoms with E-state index in [0.717, 1.165) is 17.9 Å². The summed E-state index contributed by atoms with van der Waals surface area (Å²) in [5, 5.41) is 9.31. The van der Waals surface area contributed by atoms with Crippen molar-refractivity contribution in [2.24, 2.45) is 5.92 Å². The molecule has 0 aliphatic rings. The first-order valence-corrected chi connectivity index (χ1v) is 6.41. The predicted molar refractivity (Wildman–Crippen MR) is 73.4 cm³/mol. The lowest BCUT2D eigenvalue weighted by Crippen LogP contribution is -2.27. The van der Waals surface area contributed by atoms with E-state index < -0.39 is 0 Å². The molecule has 0 bridgehead atoms. The van der Waals surface area contributed by atoms with Crippen LogP contribution in [0, 0.1) is 17.2 Å². The lowest BCUT2D eigenvalue weighted by molar-refractivity contribution is 0.258. The first kappa shape index (κ1) is 14.5. The number of nitrogens with zero attached hydrogens (tertiary/aromatic N) is 2. The van der Waals surface area contributed by atoms with Gasteiger partial charge in [-0.2, -0.15) is 5.26 Å². The minimum absolute atomic E-state index is 0.192. The summed E-state index contributed by atoms with van der Waals surface area (Å²) in [6.45, 7) is 7.84. The van der Waals surface area contributed by atoms with Gasteiger partial charge in [-0.05, 0) is 37.6 Å². The number of hydrogen-bond donors (Lipinski definition) is 0. The second-order valence-electron chi connectivity index (χ2n) is 4.87. The van der Waals surface area contributed by atoms with Crippen LogP contribution < -0.4 is 4.74 Å². The Morgan fingerprint density at radius 3 is 2.33 bits per heavy atom. The smallest absolute Gasteiger partial charge is 0.123 e. The van der Waals surface area contributed by atoms with Crippen molar-refractivity contribution in [1.29, 1.82) is 5.26 Å². The summed E-state index contributed by atoms with van der Waals surface area (Å²) < 4.78 is 5.40. The minimum Gasteiger partial charge on any atom is -0.494 e. The fourth-order valence-corrected chi connectivity index (χ4v) is 2.02. The maximum absolute atomic E-state index is 9.31. The van der Waals surface area contributed by atoms with Crippen LogP contribution in [-0.4, -0.2) is 25.1 Å². The Balaban J connectivity index is 2.79. The highest BCUT2D eigenvalue weighted by Crippen LogP contribution is 2.22. The lowest BCUT2D eigenvalue weighted by Gasteiger charge is -2.24. The molecule has 1 aromatic rings. The van der Waals surface area contributed by atoms with Crippen molar-refractivity contribution in [2.75, 3.05) is 20.2 Å². The molecule has 98 valence electrons. The second-order valence-corrected chi connectivity index (χ2v) is 4.87. The van der Waals surface area contributed by atoms with E-state index >= 15 is 0 Å². The van der Waals surface area contributed by atoms with Gasteiger partial charge in [0.1, 0.15) is 11.8 Å². The molecular formula is C15H22N2O. The third-order valence-electron chi connectivity index (χ3n) is 2.72. The molecule has 0 spiro atoms. The van der Waals surface area contributed by atoms with Gasteiger partial charge in [0.05, 0.1) is 12.7 Å². The maximum Gasteiger partial charge on any atom is 0.123 e. The number of hydrogen-bond acceptors (Lipinski definition) is 3. The van der Waals surface area contributed by atoms with Crippen LogP contribution in [0.25, 0.3) is 0 Å². The third kappa shape index (κ3) is 4.05. The summed E-state index contributed by atoms with van der Waals surface area (Å²) in [6, 6.07) is 9.95. The van der Waals surface area contributed by atoms with Gasteiger partial charge in [0.2, 0.25) is 0 Å². The molecule has 3 heteroatoms. The molecule has 0 saturated carbocycles. The largest absolute Gasteiger partial charge is 0.494 e. The molecule has 0 radical (unpaired) electrons. The van der Waals surface area contributed by atoms with Crippen molar-refractivity contribution in [3.05, 3.63) is 29.8 Å². The van der Waals surface area contributed by atoms with Gasteiger partial charge in [-0.25, -0.2) is 0 Å². The standard InChI is InChI=1S/C15H22N2O/c1-5-18-14-8-6-13(7-9-14)15(10-16)17(4)11-12(2)3/h6-9,12,15H,5,11H2,1-4H3. The Morgan fingerprint density at radius 1 is 1.28 bits per heavy atom. The number of ether oxygens (including phenoxy) is 1. The Bertz CT molecular complexity index is 392. The molecule has 0 fully saturated rings. The summed E-state index contributed by atoms with van der Waals surface area (Å²) in [5.74, 6) is 1.40. The van der Waals surface area contributed by atoms with Gasteiger partial charge in [0, 0.05) is 6.54 Å². The zero-order chi connectivity index (χ0) is 13.5. The first-order chi connectivity index (χ1) is 8.58. The van der Waals surface area contributed by atoms with E-state index in [-0.39, 0.29) is 6.04 Å². The monoisotopic (exact) mass is 246 g/mol. The van der Waals surface area contributed by atoms with Crippen LogP contribution >= 0.6 is 0 Å². The molecule has 1 atom stereocenters. The second kappa shape index (κ2) is 7.03. The molecule has 0 aliphatic carbocycles. The highest BCUT2D eigenvalue weighted by molar-refractivity contribution is 5.31. The molecular weight excluding hydrogens is 224 g/mol. The van der Waals surface area contributed by atoms with Crippen LogP contribution in [0.1, 0.15) is 32.4 Å². The maximum atomic E-state index is 9.31. The summed E-state index contributed by atoms with van der Waals surface area (Å²) in [5.41, 5.74) is 1.02. The van der Waals surface area contributed by atoms with E-state index in [1.807, 2.05) is 38.2 Å². The van der Waals surface area contributed by atoms with Gasteiger partial charge in [0.25, 0.3) is 0 Å². The van der Waals surface area contributed by atoms with Crippen molar-refractivity contribution in [3.8, 4) is 11.8 Å². The van der Waals surface area contributed by atoms with Crippen molar-refractivity contribution in [3.63, 3.8) is 0 Å². The van der Waals surface area contributed by atoms with Gasteiger partial charge >= 0.3 is 0 Å².